The average molecular weight is 1270 g/mol. The van der Waals surface area contributed by atoms with Gasteiger partial charge in [-0.25, -0.2) is 27.4 Å². The summed E-state index contributed by atoms with van der Waals surface area (Å²) in [7, 11) is 0. The van der Waals surface area contributed by atoms with E-state index in [0.29, 0.717) is 70.2 Å². The fourth-order valence-corrected chi connectivity index (χ4v) is 11.2. The molecule has 10 aromatic rings. The molecule has 0 saturated heterocycles. The fourth-order valence-electron chi connectivity index (χ4n) is 9.86. The van der Waals surface area contributed by atoms with E-state index >= 15 is 0 Å². The minimum Gasteiger partial charge on any atom is -1.00 e. The SMILES string of the molecule is Cc1c(C[n+]2cn(CCc3ccc4ccccc4c3)c(Cl)c2Cl)c(C)c(C[n+]2cn(CCc3ccc4ccccc4c3)c(Cl)c2Cl)c(C)c1C[n+]1cn(CCc2ccc3ccccc3c2)c(Cl)c1Cl.[Br-].[Br-].[Br-]. The van der Waals surface area contributed by atoms with E-state index < -0.39 is 0 Å². The summed E-state index contributed by atoms with van der Waals surface area (Å²) >= 11 is 42.4. The first-order chi connectivity index (χ1) is 33.4. The number of halogens is 9. The van der Waals surface area contributed by atoms with Crippen LogP contribution in [-0.4, -0.2) is 13.7 Å². The predicted octanol–water partition coefficient (Wildman–Crippen LogP) is 5.14. The molecule has 7 aromatic carbocycles. The lowest BCUT2D eigenvalue weighted by molar-refractivity contribution is -0.687. The lowest BCUT2D eigenvalue weighted by atomic mass is 9.87. The quantitative estimate of drug-likeness (QED) is 0.127. The van der Waals surface area contributed by atoms with Gasteiger partial charge < -0.3 is 50.9 Å². The van der Waals surface area contributed by atoms with Crippen LogP contribution in [0.5, 0.6) is 0 Å². The average Bonchev–Trinajstić information content (AvgIpc) is 3.92. The molecule has 0 radical (unpaired) electrons. The van der Waals surface area contributed by atoms with Crippen molar-refractivity contribution < 1.29 is 64.6 Å². The molecule has 0 fully saturated rings. The minimum absolute atomic E-state index is 0. The first kappa shape index (κ1) is 55.9. The van der Waals surface area contributed by atoms with Crippen molar-refractivity contribution in [3.63, 3.8) is 0 Å². The van der Waals surface area contributed by atoms with E-state index in [0.717, 1.165) is 52.6 Å². The Labute approximate surface area is 482 Å². The first-order valence-electron chi connectivity index (χ1n) is 23.2. The van der Waals surface area contributed by atoms with Crippen molar-refractivity contribution in [3.05, 3.63) is 227 Å². The van der Waals surface area contributed by atoms with Gasteiger partial charge in [-0.1, -0.05) is 127 Å². The number of benzene rings is 7. The normalized spacial score (nSPS) is 11.3. The minimum atomic E-state index is 0. The number of hydrogen-bond donors (Lipinski definition) is 0. The Balaban J connectivity index is 0.00000253. The highest BCUT2D eigenvalue weighted by Crippen LogP contribution is 2.31. The zero-order chi connectivity index (χ0) is 47.9. The third-order valence-electron chi connectivity index (χ3n) is 13.9. The molecule has 372 valence electrons. The smallest absolute Gasteiger partial charge is 0.255 e. The van der Waals surface area contributed by atoms with Crippen molar-refractivity contribution in [2.75, 3.05) is 0 Å². The number of aryl methyl sites for hydroxylation is 6. The maximum atomic E-state index is 7.12. The van der Waals surface area contributed by atoms with Gasteiger partial charge in [0.25, 0.3) is 30.9 Å². The summed E-state index contributed by atoms with van der Waals surface area (Å²) in [5.41, 5.74) is 10.5. The second kappa shape index (κ2) is 24.2. The van der Waals surface area contributed by atoms with Crippen LogP contribution in [0.1, 0.15) is 50.1 Å². The van der Waals surface area contributed by atoms with Crippen molar-refractivity contribution in [3.8, 4) is 0 Å². The maximum absolute atomic E-state index is 7.12. The number of nitrogens with zero attached hydrogens (tertiary/aromatic N) is 6. The van der Waals surface area contributed by atoms with Crippen LogP contribution in [0.25, 0.3) is 32.3 Å². The largest absolute Gasteiger partial charge is 1.00 e. The standard InChI is InChI=1S/C57H51Cl6N6.3BrH/c1-37-49(31-67-34-64(52(58)55(67)61)25-22-40-16-19-43-10-4-7-13-46(43)28-40)38(2)51(33-69-36-66(54(60)57(69)63)27-24-42-18-21-45-12-6-9-15-48(45)30-42)39(3)50(37)32-68-35-65(53(59)56(68)62)26-23-41-17-20-44-11-5-8-14-47(44)29-41;;;/h4-21,28-30,34-36H,22-27,31-33H2,1-3H3;3*1H/q+3;;;/p-3. The van der Waals surface area contributed by atoms with Crippen LogP contribution in [0.2, 0.25) is 30.9 Å². The van der Waals surface area contributed by atoms with E-state index in [-0.39, 0.29) is 50.9 Å². The summed E-state index contributed by atoms with van der Waals surface area (Å²) in [6, 6.07) is 45.1. The Morgan fingerprint density at radius 3 is 0.861 bits per heavy atom. The zero-order valence-corrected chi connectivity index (χ0v) is 49.1. The lowest BCUT2D eigenvalue weighted by Gasteiger charge is -2.20. The molecule has 0 spiro atoms. The van der Waals surface area contributed by atoms with E-state index in [4.69, 9.17) is 69.6 Å². The molecule has 0 atom stereocenters. The van der Waals surface area contributed by atoms with Crippen LogP contribution < -0.4 is 64.6 Å². The number of fused-ring (bicyclic) bond motifs is 3. The van der Waals surface area contributed by atoms with Crippen LogP contribution in [-0.2, 0) is 58.5 Å². The molecule has 0 N–H and O–H groups in total. The third-order valence-corrected chi connectivity index (χ3v) is 16.6. The van der Waals surface area contributed by atoms with Gasteiger partial charge in [0.05, 0.1) is 19.6 Å². The molecular formula is C57H51Br3Cl6N6. The summed E-state index contributed by atoms with van der Waals surface area (Å²) in [5, 5.41) is 10.3. The Morgan fingerprint density at radius 1 is 0.347 bits per heavy atom. The Bertz CT molecular complexity index is 3190. The molecule has 0 bridgehead atoms. The van der Waals surface area contributed by atoms with Gasteiger partial charge in [-0.2, -0.15) is 0 Å². The van der Waals surface area contributed by atoms with Crippen molar-refractivity contribution in [2.45, 2.75) is 79.3 Å². The molecule has 0 amide bonds. The van der Waals surface area contributed by atoms with E-state index in [9.17, 15) is 0 Å². The van der Waals surface area contributed by atoms with Crippen molar-refractivity contribution >= 4 is 102 Å². The molecule has 0 aliphatic heterocycles. The van der Waals surface area contributed by atoms with E-state index in [1.165, 1.54) is 49.0 Å². The van der Waals surface area contributed by atoms with Gasteiger partial charge in [0.1, 0.15) is 19.6 Å². The highest BCUT2D eigenvalue weighted by atomic mass is 79.9. The van der Waals surface area contributed by atoms with Crippen molar-refractivity contribution in [1.82, 2.24) is 13.7 Å². The number of hydrogen-bond acceptors (Lipinski definition) is 0. The molecule has 6 nitrogen and oxygen atoms in total. The number of rotatable bonds is 15. The Morgan fingerprint density at radius 2 is 0.597 bits per heavy atom. The summed E-state index contributed by atoms with van der Waals surface area (Å²) in [5.74, 6) is 0. The molecule has 0 unspecified atom stereocenters. The van der Waals surface area contributed by atoms with Crippen LogP contribution in [0.4, 0.5) is 0 Å². The van der Waals surface area contributed by atoms with Gasteiger partial charge in [-0.15, -0.1) is 0 Å². The van der Waals surface area contributed by atoms with E-state index in [2.05, 4.69) is 148 Å². The molecular weight excluding hydrogens is 1220 g/mol. The number of imidazole rings is 3. The number of aromatic nitrogens is 6. The third kappa shape index (κ3) is 11.7. The second-order valence-corrected chi connectivity index (χ2v) is 20.3. The van der Waals surface area contributed by atoms with E-state index in [1.807, 2.05) is 46.4 Å². The van der Waals surface area contributed by atoms with Gasteiger partial charge in [0, 0.05) is 36.0 Å². The second-order valence-electron chi connectivity index (χ2n) is 18.2. The monoisotopic (exact) mass is 1270 g/mol. The van der Waals surface area contributed by atoms with Gasteiger partial charge in [0.2, 0.25) is 19.0 Å². The molecule has 15 heteroatoms. The van der Waals surface area contributed by atoms with Gasteiger partial charge >= 0.3 is 0 Å². The zero-order valence-electron chi connectivity index (χ0n) is 39.8. The molecule has 0 saturated carbocycles. The molecule has 3 aromatic heterocycles. The maximum Gasteiger partial charge on any atom is 0.255 e. The van der Waals surface area contributed by atoms with Crippen molar-refractivity contribution in [2.24, 2.45) is 0 Å². The summed E-state index contributed by atoms with van der Waals surface area (Å²) in [6.07, 6.45) is 8.51. The van der Waals surface area contributed by atoms with Gasteiger partial charge in [-0.3, -0.25) is 0 Å². The summed E-state index contributed by atoms with van der Waals surface area (Å²) < 4.78 is 12.2. The van der Waals surface area contributed by atoms with Gasteiger partial charge in [0.15, 0.2) is 0 Å². The summed E-state index contributed by atoms with van der Waals surface area (Å²) in [4.78, 5) is 0. The van der Waals surface area contributed by atoms with Crippen LogP contribution in [0, 0.1) is 20.8 Å². The molecule has 10 rings (SSSR count). The molecule has 72 heavy (non-hydrogen) atoms. The van der Waals surface area contributed by atoms with Gasteiger partial charge in [-0.05, 0) is 156 Å². The summed E-state index contributed by atoms with van der Waals surface area (Å²) in [6.45, 7) is 10.1. The Hall–Kier alpha value is -3.87. The van der Waals surface area contributed by atoms with E-state index in [1.54, 1.807) is 0 Å². The molecule has 3 heterocycles. The van der Waals surface area contributed by atoms with Crippen LogP contribution in [0.15, 0.2) is 146 Å². The predicted molar refractivity (Wildman–Crippen MR) is 285 cm³/mol. The highest BCUT2D eigenvalue weighted by Gasteiger charge is 2.29. The van der Waals surface area contributed by atoms with Crippen LogP contribution in [0.3, 0.4) is 0 Å². The lowest BCUT2D eigenvalue weighted by Crippen LogP contribution is -3.00. The topological polar surface area (TPSA) is 26.4 Å². The van der Waals surface area contributed by atoms with Crippen molar-refractivity contribution in [1.29, 1.82) is 0 Å². The molecule has 0 aliphatic rings. The fraction of sp³-hybridized carbons (Fsp3) is 0.211. The highest BCUT2D eigenvalue weighted by molar-refractivity contribution is 6.40. The Kier molecular flexibility index (Phi) is 18.8. The molecule has 0 aliphatic carbocycles. The first-order valence-corrected chi connectivity index (χ1v) is 25.5. The van der Waals surface area contributed by atoms with Crippen LogP contribution >= 0.6 is 69.6 Å².